The molecule has 7 rings (SSSR count). The highest BCUT2D eigenvalue weighted by Gasteiger charge is 2.17. The number of fused-ring (bicyclic) bond motifs is 1. The highest BCUT2D eigenvalue weighted by molar-refractivity contribution is 5.90. The van der Waals surface area contributed by atoms with Crippen LogP contribution in [-0.2, 0) is 0 Å². The van der Waals surface area contributed by atoms with Crippen molar-refractivity contribution in [1.29, 1.82) is 0 Å². The van der Waals surface area contributed by atoms with Gasteiger partial charge < -0.3 is 9.32 Å². The Morgan fingerprint density at radius 2 is 1.13 bits per heavy atom. The minimum atomic E-state index is 0.918. The van der Waals surface area contributed by atoms with E-state index in [2.05, 4.69) is 172 Å². The lowest BCUT2D eigenvalue weighted by Crippen LogP contribution is -2.09. The van der Waals surface area contributed by atoms with Crippen LogP contribution >= 0.6 is 0 Å². The molecule has 0 amide bonds. The van der Waals surface area contributed by atoms with Gasteiger partial charge in [-0.1, -0.05) is 103 Å². The molecule has 1 heterocycles. The van der Waals surface area contributed by atoms with E-state index in [1.165, 1.54) is 38.9 Å². The molecular weight excluding hydrogens is 558 g/mol. The van der Waals surface area contributed by atoms with Crippen molar-refractivity contribution < 1.29 is 4.42 Å². The number of para-hydroxylation sites is 2. The van der Waals surface area contributed by atoms with E-state index in [1.54, 1.807) is 0 Å². The summed E-state index contributed by atoms with van der Waals surface area (Å²) in [7, 11) is 0. The minimum Gasteiger partial charge on any atom is -0.456 e. The molecule has 0 bridgehead atoms. The summed E-state index contributed by atoms with van der Waals surface area (Å²) in [5.41, 5.74) is 15.2. The molecule has 7 aromatic rings. The second kappa shape index (κ2) is 12.4. The summed E-state index contributed by atoms with van der Waals surface area (Å²) in [6, 6.07) is 51.9. The Kier molecular flexibility index (Phi) is 7.86. The summed E-state index contributed by atoms with van der Waals surface area (Å²) in [6.45, 7) is 8.58. The largest absolute Gasteiger partial charge is 0.456 e. The van der Waals surface area contributed by atoms with Crippen molar-refractivity contribution in [1.82, 2.24) is 0 Å². The van der Waals surface area contributed by atoms with Gasteiger partial charge in [0.1, 0.15) is 11.3 Å². The molecule has 2 nitrogen and oxygen atoms in total. The Balaban J connectivity index is 1.23. The molecule has 0 spiro atoms. The third-order valence-corrected chi connectivity index (χ3v) is 8.96. The monoisotopic (exact) mass is 595 g/mol. The van der Waals surface area contributed by atoms with Crippen LogP contribution in [0.15, 0.2) is 156 Å². The number of hydrogen-bond donors (Lipinski definition) is 0. The van der Waals surface area contributed by atoms with Crippen LogP contribution in [0.2, 0.25) is 0 Å². The molecule has 46 heavy (non-hydrogen) atoms. The third-order valence-electron chi connectivity index (χ3n) is 8.96. The zero-order valence-corrected chi connectivity index (χ0v) is 26.8. The van der Waals surface area contributed by atoms with Crippen molar-refractivity contribution in [3.63, 3.8) is 0 Å². The first-order valence-corrected chi connectivity index (χ1v) is 15.9. The number of aryl methyl sites for hydroxylation is 3. The zero-order valence-electron chi connectivity index (χ0n) is 26.8. The average Bonchev–Trinajstić information content (AvgIpc) is 3.43. The van der Waals surface area contributed by atoms with Gasteiger partial charge in [-0.05, 0) is 115 Å². The first-order valence-electron chi connectivity index (χ1n) is 15.9. The molecule has 0 atom stereocenters. The summed E-state index contributed by atoms with van der Waals surface area (Å²) in [5.74, 6) is 0.925. The van der Waals surface area contributed by atoms with E-state index in [0.29, 0.717) is 0 Å². The lowest BCUT2D eigenvalue weighted by atomic mass is 9.93. The number of benzene rings is 6. The van der Waals surface area contributed by atoms with Crippen LogP contribution in [0.5, 0.6) is 0 Å². The topological polar surface area (TPSA) is 16.4 Å². The van der Waals surface area contributed by atoms with Gasteiger partial charge in [-0.3, -0.25) is 0 Å². The van der Waals surface area contributed by atoms with E-state index in [1.807, 2.05) is 12.1 Å². The van der Waals surface area contributed by atoms with Crippen molar-refractivity contribution in [3.8, 4) is 22.3 Å². The second-order valence-corrected chi connectivity index (χ2v) is 11.9. The van der Waals surface area contributed by atoms with Crippen LogP contribution < -0.4 is 4.90 Å². The molecule has 0 aliphatic rings. The molecule has 0 aliphatic carbocycles. The fourth-order valence-corrected chi connectivity index (χ4v) is 6.44. The quantitative estimate of drug-likeness (QED) is 0.182. The van der Waals surface area contributed by atoms with Crippen LogP contribution in [0.4, 0.5) is 17.1 Å². The molecule has 0 unspecified atom stereocenters. The van der Waals surface area contributed by atoms with Crippen LogP contribution in [0.25, 0.3) is 38.8 Å². The molecule has 6 aromatic carbocycles. The van der Waals surface area contributed by atoms with Gasteiger partial charge >= 0.3 is 0 Å². The van der Waals surface area contributed by atoms with E-state index in [-0.39, 0.29) is 0 Å². The summed E-state index contributed by atoms with van der Waals surface area (Å²) in [6.07, 6.45) is 2.14. The summed E-state index contributed by atoms with van der Waals surface area (Å²) < 4.78 is 6.34. The molecule has 0 saturated heterocycles. The van der Waals surface area contributed by atoms with Gasteiger partial charge in [0.05, 0.1) is 0 Å². The first kappa shape index (κ1) is 29.1. The lowest BCUT2D eigenvalue weighted by molar-refractivity contribution is 0.597. The van der Waals surface area contributed by atoms with Gasteiger partial charge in [0.15, 0.2) is 0 Å². The van der Waals surface area contributed by atoms with Crippen molar-refractivity contribution in [2.45, 2.75) is 27.7 Å². The summed E-state index contributed by atoms with van der Waals surface area (Å²) >= 11 is 0. The molecular formula is C44H37NO. The standard InChI is InChI=1S/C44H37NO/c1-5-39(44-32(4)41-17-11-12-18-43(41)46-44)34-23-27-38(28-24-34)45(36-14-7-6-8-15-36)37-25-21-33(22-26-37)35-20-19-31(3)42(29-35)40-16-10-9-13-30(40)2/h5-29H,1-4H3/b39-5-. The SMILES string of the molecule is C/C=C(/c1ccc(N(c2ccccc2)c2ccc(-c3ccc(C)c(-c4ccccc4C)c3)cc2)cc1)c1oc2ccccc2c1C. The maximum atomic E-state index is 6.34. The minimum absolute atomic E-state index is 0.918. The molecule has 0 radical (unpaired) electrons. The van der Waals surface area contributed by atoms with Gasteiger partial charge in [0.2, 0.25) is 0 Å². The Bertz CT molecular complexity index is 2170. The molecule has 1 aromatic heterocycles. The summed E-state index contributed by atoms with van der Waals surface area (Å²) in [5, 5.41) is 1.16. The second-order valence-electron chi connectivity index (χ2n) is 11.9. The molecule has 224 valence electrons. The fourth-order valence-electron chi connectivity index (χ4n) is 6.44. The van der Waals surface area contributed by atoms with Crippen LogP contribution in [-0.4, -0.2) is 0 Å². The van der Waals surface area contributed by atoms with E-state index in [0.717, 1.165) is 44.9 Å². The Morgan fingerprint density at radius 1 is 0.543 bits per heavy atom. The lowest BCUT2D eigenvalue weighted by Gasteiger charge is -2.26. The maximum absolute atomic E-state index is 6.34. The average molecular weight is 596 g/mol. The fraction of sp³-hybridized carbons (Fsp3) is 0.0909. The Morgan fingerprint density at radius 3 is 1.83 bits per heavy atom. The number of hydrogen-bond acceptors (Lipinski definition) is 2. The van der Waals surface area contributed by atoms with Crippen LogP contribution in [0.1, 0.15) is 34.9 Å². The van der Waals surface area contributed by atoms with Gasteiger partial charge in [-0.25, -0.2) is 0 Å². The van der Waals surface area contributed by atoms with Crippen molar-refractivity contribution in [2.75, 3.05) is 4.90 Å². The van der Waals surface area contributed by atoms with E-state index in [4.69, 9.17) is 4.42 Å². The molecule has 0 aliphatic heterocycles. The van der Waals surface area contributed by atoms with E-state index in [9.17, 15) is 0 Å². The van der Waals surface area contributed by atoms with Crippen LogP contribution in [0.3, 0.4) is 0 Å². The van der Waals surface area contributed by atoms with Gasteiger partial charge in [0.25, 0.3) is 0 Å². The Labute approximate surface area is 271 Å². The van der Waals surface area contributed by atoms with E-state index >= 15 is 0 Å². The van der Waals surface area contributed by atoms with Crippen molar-refractivity contribution in [3.05, 3.63) is 180 Å². The van der Waals surface area contributed by atoms with E-state index < -0.39 is 0 Å². The van der Waals surface area contributed by atoms with Gasteiger partial charge in [-0.15, -0.1) is 0 Å². The smallest absolute Gasteiger partial charge is 0.138 e. The zero-order chi connectivity index (χ0) is 31.6. The third kappa shape index (κ3) is 5.44. The Hall–Kier alpha value is -5.60. The van der Waals surface area contributed by atoms with Crippen molar-refractivity contribution in [2.24, 2.45) is 0 Å². The number of rotatable bonds is 7. The number of allylic oxidation sites excluding steroid dienone is 1. The normalized spacial score (nSPS) is 11.6. The summed E-state index contributed by atoms with van der Waals surface area (Å²) in [4.78, 5) is 2.31. The maximum Gasteiger partial charge on any atom is 0.138 e. The molecule has 0 N–H and O–H groups in total. The highest BCUT2D eigenvalue weighted by atomic mass is 16.3. The van der Waals surface area contributed by atoms with Gasteiger partial charge in [-0.2, -0.15) is 0 Å². The predicted molar refractivity (Wildman–Crippen MR) is 195 cm³/mol. The molecule has 0 fully saturated rings. The number of anilines is 3. The highest BCUT2D eigenvalue weighted by Crippen LogP contribution is 2.39. The number of nitrogens with zero attached hydrogens (tertiary/aromatic N) is 1. The van der Waals surface area contributed by atoms with Gasteiger partial charge in [0, 0.05) is 33.6 Å². The number of furan rings is 1. The van der Waals surface area contributed by atoms with Crippen LogP contribution in [0, 0.1) is 20.8 Å². The van der Waals surface area contributed by atoms with Crippen molar-refractivity contribution >= 4 is 33.6 Å². The molecule has 2 heteroatoms. The molecule has 0 saturated carbocycles. The predicted octanol–water partition coefficient (Wildman–Crippen LogP) is 12.6. The first-order chi connectivity index (χ1) is 22.5.